The lowest BCUT2D eigenvalue weighted by atomic mass is 10.2. The highest BCUT2D eigenvalue weighted by Crippen LogP contribution is 2.06. The van der Waals surface area contributed by atoms with E-state index in [-0.39, 0.29) is 30.6 Å². The molecule has 0 spiro atoms. The van der Waals surface area contributed by atoms with Gasteiger partial charge in [-0.1, -0.05) is 6.92 Å². The molecule has 1 rings (SSSR count). The van der Waals surface area contributed by atoms with E-state index in [4.69, 9.17) is 9.84 Å². The zero-order valence-corrected chi connectivity index (χ0v) is 12.0. The van der Waals surface area contributed by atoms with E-state index in [0.29, 0.717) is 32.8 Å². The molecule has 0 bridgehead atoms. The Balaban J connectivity index is 2.32. The highest BCUT2D eigenvalue weighted by Gasteiger charge is 2.24. The lowest BCUT2D eigenvalue weighted by Gasteiger charge is -2.25. The maximum atomic E-state index is 11.9. The van der Waals surface area contributed by atoms with Crippen LogP contribution in [0.2, 0.25) is 0 Å². The molecule has 0 saturated carbocycles. The summed E-state index contributed by atoms with van der Waals surface area (Å²) >= 11 is 0. The first kappa shape index (κ1) is 16.4. The first-order valence-corrected chi connectivity index (χ1v) is 7.99. The van der Waals surface area contributed by atoms with Gasteiger partial charge in [0.25, 0.3) is 0 Å². The average molecular weight is 294 g/mol. The molecular weight excluding hydrogens is 272 g/mol. The molecule has 1 aliphatic rings. The smallest absolute Gasteiger partial charge is 0.221 e. The number of aliphatic hydroxyl groups excluding tert-OH is 1. The van der Waals surface area contributed by atoms with Crippen molar-refractivity contribution in [2.24, 2.45) is 5.92 Å². The van der Waals surface area contributed by atoms with E-state index >= 15 is 0 Å². The number of amides is 1. The van der Waals surface area contributed by atoms with Gasteiger partial charge in [-0.05, 0) is 5.92 Å². The highest BCUT2D eigenvalue weighted by atomic mass is 32.2. The van der Waals surface area contributed by atoms with Gasteiger partial charge in [-0.3, -0.25) is 4.79 Å². The van der Waals surface area contributed by atoms with Crippen molar-refractivity contribution in [3.8, 4) is 0 Å². The number of sulfonamides is 1. The van der Waals surface area contributed by atoms with Gasteiger partial charge in [0.05, 0.1) is 19.0 Å². The molecular formula is C11H22N2O5S. The molecule has 0 aromatic carbocycles. The number of morpholine rings is 1. The number of carbonyl (C=O) groups excluding carboxylic acids is 1. The summed E-state index contributed by atoms with van der Waals surface area (Å²) in [5.41, 5.74) is 0. The number of carbonyl (C=O) groups is 1. The topological polar surface area (TPSA) is 95.9 Å². The van der Waals surface area contributed by atoms with Gasteiger partial charge >= 0.3 is 0 Å². The van der Waals surface area contributed by atoms with E-state index < -0.39 is 10.0 Å². The lowest BCUT2D eigenvalue weighted by molar-refractivity contribution is -0.120. The fourth-order valence-electron chi connectivity index (χ4n) is 1.62. The molecule has 112 valence electrons. The van der Waals surface area contributed by atoms with Gasteiger partial charge in [0.2, 0.25) is 15.9 Å². The summed E-state index contributed by atoms with van der Waals surface area (Å²) in [6.45, 7) is 3.65. The minimum atomic E-state index is -3.38. The second kappa shape index (κ2) is 7.78. The Bertz CT molecular complexity index is 379. The Kier molecular flexibility index (Phi) is 6.70. The van der Waals surface area contributed by atoms with Crippen LogP contribution in [0.3, 0.4) is 0 Å². The van der Waals surface area contributed by atoms with E-state index in [0.717, 1.165) is 0 Å². The maximum absolute atomic E-state index is 11.9. The van der Waals surface area contributed by atoms with Gasteiger partial charge in [-0.25, -0.2) is 8.42 Å². The fraction of sp³-hybridized carbons (Fsp3) is 0.909. The average Bonchev–Trinajstić information content (AvgIpc) is 2.43. The van der Waals surface area contributed by atoms with Crippen molar-refractivity contribution in [2.75, 3.05) is 45.2 Å². The predicted octanol–water partition coefficient (Wildman–Crippen LogP) is -1.22. The summed E-state index contributed by atoms with van der Waals surface area (Å²) in [7, 11) is -3.38. The van der Waals surface area contributed by atoms with E-state index in [1.54, 1.807) is 6.92 Å². The van der Waals surface area contributed by atoms with Gasteiger partial charge in [-0.15, -0.1) is 0 Å². The van der Waals surface area contributed by atoms with Gasteiger partial charge in [-0.2, -0.15) is 4.31 Å². The zero-order chi connectivity index (χ0) is 14.3. The van der Waals surface area contributed by atoms with Crippen LogP contribution in [-0.2, 0) is 19.6 Å². The van der Waals surface area contributed by atoms with Gasteiger partial charge in [0.15, 0.2) is 0 Å². The van der Waals surface area contributed by atoms with Crippen LogP contribution in [-0.4, -0.2) is 68.9 Å². The van der Waals surface area contributed by atoms with Crippen molar-refractivity contribution in [3.05, 3.63) is 0 Å². The number of nitrogens with zero attached hydrogens (tertiary/aromatic N) is 1. The van der Waals surface area contributed by atoms with Crippen LogP contribution in [0.15, 0.2) is 0 Å². The number of hydrogen-bond donors (Lipinski definition) is 2. The third-order valence-electron chi connectivity index (χ3n) is 2.91. The third kappa shape index (κ3) is 5.85. The van der Waals surface area contributed by atoms with Crippen LogP contribution in [0, 0.1) is 5.92 Å². The quantitative estimate of drug-likeness (QED) is 0.614. The van der Waals surface area contributed by atoms with Crippen LogP contribution >= 0.6 is 0 Å². The largest absolute Gasteiger partial charge is 0.396 e. The standard InChI is InChI=1S/C11H22N2O5S/c1-10(9-14)8-12-11(15)2-7-19(16,17)13-3-5-18-6-4-13/h10,14H,2-9H2,1H3,(H,12,15). The van der Waals surface area contributed by atoms with Crippen molar-refractivity contribution in [2.45, 2.75) is 13.3 Å². The van der Waals surface area contributed by atoms with Crippen LogP contribution < -0.4 is 5.32 Å². The number of rotatable bonds is 7. The molecule has 8 heteroatoms. The number of ether oxygens (including phenoxy) is 1. The molecule has 0 aliphatic carbocycles. The number of hydrogen-bond acceptors (Lipinski definition) is 5. The molecule has 1 fully saturated rings. The van der Waals surface area contributed by atoms with Crippen molar-refractivity contribution >= 4 is 15.9 Å². The minimum absolute atomic E-state index is 0.00758. The molecule has 1 amide bonds. The van der Waals surface area contributed by atoms with Gasteiger partial charge < -0.3 is 15.2 Å². The summed E-state index contributed by atoms with van der Waals surface area (Å²) in [6.07, 6.45) is -0.0577. The van der Waals surface area contributed by atoms with Crippen LogP contribution in [0.1, 0.15) is 13.3 Å². The number of aliphatic hydroxyl groups is 1. The van der Waals surface area contributed by atoms with Crippen molar-refractivity contribution in [1.82, 2.24) is 9.62 Å². The highest BCUT2D eigenvalue weighted by molar-refractivity contribution is 7.89. The monoisotopic (exact) mass is 294 g/mol. The Hall–Kier alpha value is -0.700. The molecule has 1 unspecified atom stereocenters. The molecule has 7 nitrogen and oxygen atoms in total. The van der Waals surface area contributed by atoms with E-state index in [1.807, 2.05) is 0 Å². The van der Waals surface area contributed by atoms with E-state index in [1.165, 1.54) is 4.31 Å². The Labute approximate surface area is 114 Å². The minimum Gasteiger partial charge on any atom is -0.396 e. The first-order valence-electron chi connectivity index (χ1n) is 6.39. The summed E-state index contributed by atoms with van der Waals surface area (Å²) in [5, 5.41) is 11.4. The van der Waals surface area contributed by atoms with Crippen molar-refractivity contribution in [1.29, 1.82) is 0 Å². The maximum Gasteiger partial charge on any atom is 0.221 e. The van der Waals surface area contributed by atoms with Crippen molar-refractivity contribution in [3.63, 3.8) is 0 Å². The molecule has 0 aromatic rings. The van der Waals surface area contributed by atoms with Crippen molar-refractivity contribution < 1.29 is 23.1 Å². The summed E-state index contributed by atoms with van der Waals surface area (Å²) in [6, 6.07) is 0. The molecule has 0 aromatic heterocycles. The molecule has 0 radical (unpaired) electrons. The SMILES string of the molecule is CC(CO)CNC(=O)CCS(=O)(=O)N1CCOCC1. The molecule has 2 N–H and O–H groups in total. The predicted molar refractivity (Wildman–Crippen MR) is 70.1 cm³/mol. The Morgan fingerprint density at radius 2 is 2.05 bits per heavy atom. The second-order valence-electron chi connectivity index (χ2n) is 4.67. The summed E-state index contributed by atoms with van der Waals surface area (Å²) < 4.78 is 30.3. The third-order valence-corrected chi connectivity index (χ3v) is 4.78. The molecule has 1 saturated heterocycles. The number of nitrogens with one attached hydrogen (secondary N) is 1. The van der Waals surface area contributed by atoms with Gasteiger partial charge in [0.1, 0.15) is 0 Å². The van der Waals surface area contributed by atoms with Crippen LogP contribution in [0.4, 0.5) is 0 Å². The molecule has 1 heterocycles. The second-order valence-corrected chi connectivity index (χ2v) is 6.76. The normalized spacial score (nSPS) is 19.1. The lowest BCUT2D eigenvalue weighted by Crippen LogP contribution is -2.42. The molecule has 1 atom stereocenters. The van der Waals surface area contributed by atoms with Gasteiger partial charge in [0, 0.05) is 32.7 Å². The Morgan fingerprint density at radius 1 is 1.42 bits per heavy atom. The fourth-order valence-corrected chi connectivity index (χ4v) is 3.02. The van der Waals surface area contributed by atoms with E-state index in [2.05, 4.69) is 5.32 Å². The van der Waals surface area contributed by atoms with Crippen LogP contribution in [0.5, 0.6) is 0 Å². The van der Waals surface area contributed by atoms with Crippen LogP contribution in [0.25, 0.3) is 0 Å². The molecule has 19 heavy (non-hydrogen) atoms. The first-order chi connectivity index (χ1) is 8.95. The Morgan fingerprint density at radius 3 is 2.63 bits per heavy atom. The van der Waals surface area contributed by atoms with E-state index in [9.17, 15) is 13.2 Å². The molecule has 1 aliphatic heterocycles. The summed E-state index contributed by atoms with van der Waals surface area (Å²) in [4.78, 5) is 11.5. The zero-order valence-electron chi connectivity index (χ0n) is 11.2. The summed E-state index contributed by atoms with van der Waals surface area (Å²) in [5.74, 6) is -0.524.